The Kier molecular flexibility index (Phi) is 3.07. The number of amidine groups is 1. The minimum atomic E-state index is 0.0431. The minimum absolute atomic E-state index is 0.0431. The third-order valence-corrected chi connectivity index (χ3v) is 2.00. The first-order valence-corrected chi connectivity index (χ1v) is 5.24. The van der Waals surface area contributed by atoms with Crippen LogP contribution in [0.1, 0.15) is 41.0 Å². The molecule has 3 heteroatoms. The van der Waals surface area contributed by atoms with Crippen LogP contribution in [0.25, 0.3) is 0 Å². The average molecular weight is 198 g/mol. The number of nitrogens with one attached hydrogen (secondary N) is 1. The summed E-state index contributed by atoms with van der Waals surface area (Å²) in [7, 11) is 0. The van der Waals surface area contributed by atoms with Crippen LogP contribution >= 0.6 is 0 Å². The number of hydrogen-bond donors (Lipinski definition) is 1. The second-order valence-corrected chi connectivity index (χ2v) is 5.78. The maximum atomic E-state index is 5.34. The molecule has 0 atom stereocenters. The van der Waals surface area contributed by atoms with E-state index >= 15 is 0 Å². The van der Waals surface area contributed by atoms with E-state index in [1.807, 2.05) is 0 Å². The van der Waals surface area contributed by atoms with Crippen molar-refractivity contribution < 1.29 is 4.74 Å². The molecule has 82 valence electrons. The Balaban J connectivity index is 2.48. The Hall–Kier alpha value is -0.730. The molecule has 0 aromatic rings. The van der Waals surface area contributed by atoms with Crippen LogP contribution in [0.3, 0.4) is 0 Å². The summed E-state index contributed by atoms with van der Waals surface area (Å²) in [4.78, 5) is 4.23. The molecule has 14 heavy (non-hydrogen) atoms. The Morgan fingerprint density at radius 2 is 1.93 bits per heavy atom. The summed E-state index contributed by atoms with van der Waals surface area (Å²) in [6.07, 6.45) is 1.09. The topological polar surface area (TPSA) is 33.6 Å². The smallest absolute Gasteiger partial charge is 0.285 e. The van der Waals surface area contributed by atoms with Gasteiger partial charge < -0.3 is 10.1 Å². The second kappa shape index (κ2) is 3.79. The van der Waals surface area contributed by atoms with E-state index in [-0.39, 0.29) is 5.54 Å². The van der Waals surface area contributed by atoms with Gasteiger partial charge in [0.05, 0.1) is 6.54 Å². The van der Waals surface area contributed by atoms with Crippen LogP contribution in [0.15, 0.2) is 4.99 Å². The summed E-state index contributed by atoms with van der Waals surface area (Å²) in [5, 5.41) is 3.34. The maximum Gasteiger partial charge on any atom is 0.285 e. The maximum absolute atomic E-state index is 5.34. The van der Waals surface area contributed by atoms with Crippen LogP contribution in [0.5, 0.6) is 0 Å². The van der Waals surface area contributed by atoms with Crippen LogP contribution in [-0.2, 0) is 4.74 Å². The Bertz CT molecular complexity index is 226. The van der Waals surface area contributed by atoms with Crippen molar-refractivity contribution in [3.05, 3.63) is 0 Å². The molecule has 0 bridgehead atoms. The highest BCUT2D eigenvalue weighted by molar-refractivity contribution is 5.75. The molecule has 0 aliphatic carbocycles. The van der Waals surface area contributed by atoms with Gasteiger partial charge in [-0.05, 0) is 25.7 Å². The van der Waals surface area contributed by atoms with Gasteiger partial charge in [-0.3, -0.25) is 0 Å². The third kappa shape index (κ3) is 3.99. The van der Waals surface area contributed by atoms with E-state index in [0.717, 1.165) is 13.0 Å². The van der Waals surface area contributed by atoms with Gasteiger partial charge >= 0.3 is 0 Å². The van der Waals surface area contributed by atoms with E-state index in [1.54, 1.807) is 0 Å². The van der Waals surface area contributed by atoms with Gasteiger partial charge in [-0.15, -0.1) is 0 Å². The summed E-state index contributed by atoms with van der Waals surface area (Å²) < 4.78 is 5.34. The molecule has 0 aromatic carbocycles. The normalized spacial score (nSPS) is 17.6. The van der Waals surface area contributed by atoms with Gasteiger partial charge in [-0.2, -0.15) is 0 Å². The zero-order valence-corrected chi connectivity index (χ0v) is 9.98. The van der Waals surface area contributed by atoms with Crippen molar-refractivity contribution in [1.82, 2.24) is 5.32 Å². The monoisotopic (exact) mass is 198 g/mol. The molecule has 0 radical (unpaired) electrons. The van der Waals surface area contributed by atoms with Gasteiger partial charge in [-0.25, -0.2) is 4.99 Å². The summed E-state index contributed by atoms with van der Waals surface area (Å²) in [6, 6.07) is 0.708. The van der Waals surface area contributed by atoms with E-state index in [4.69, 9.17) is 4.74 Å². The molecular formula is C11H22N2O. The largest absolute Gasteiger partial charge is 0.463 e. The van der Waals surface area contributed by atoms with E-state index in [9.17, 15) is 0 Å². The summed E-state index contributed by atoms with van der Waals surface area (Å²) in [5.74, 6) is 0. The van der Waals surface area contributed by atoms with Crippen molar-refractivity contribution >= 4 is 6.02 Å². The number of nitrogens with zero attached hydrogens (tertiary/aromatic N) is 1. The molecule has 1 heterocycles. The number of aliphatic imine (C=N–C) groups is 1. The van der Waals surface area contributed by atoms with E-state index in [2.05, 4.69) is 44.9 Å². The highest BCUT2D eigenvalue weighted by Crippen LogP contribution is 2.26. The second-order valence-electron chi connectivity index (χ2n) is 5.78. The first-order chi connectivity index (χ1) is 6.29. The predicted octanol–water partition coefficient (Wildman–Crippen LogP) is 2.18. The van der Waals surface area contributed by atoms with Crippen molar-refractivity contribution in [2.45, 2.75) is 46.6 Å². The molecule has 0 amide bonds. The lowest BCUT2D eigenvalue weighted by Gasteiger charge is -2.33. The lowest BCUT2D eigenvalue weighted by atomic mass is 9.82. The van der Waals surface area contributed by atoms with Crippen molar-refractivity contribution in [3.63, 3.8) is 0 Å². The van der Waals surface area contributed by atoms with Gasteiger partial charge in [0.25, 0.3) is 6.02 Å². The Morgan fingerprint density at radius 3 is 2.36 bits per heavy atom. The fraction of sp³-hybridized carbons (Fsp3) is 0.909. The van der Waals surface area contributed by atoms with Gasteiger partial charge in [-0.1, -0.05) is 20.8 Å². The van der Waals surface area contributed by atoms with Gasteiger partial charge in [0, 0.05) is 5.54 Å². The summed E-state index contributed by atoms with van der Waals surface area (Å²) in [5.41, 5.74) is 0.358. The molecule has 1 N–H and O–H groups in total. The molecule has 1 aliphatic rings. The summed E-state index contributed by atoms with van der Waals surface area (Å²) >= 11 is 0. The van der Waals surface area contributed by atoms with Crippen LogP contribution in [0.2, 0.25) is 0 Å². The molecule has 0 saturated carbocycles. The van der Waals surface area contributed by atoms with Gasteiger partial charge in [0.1, 0.15) is 6.61 Å². The number of rotatable bonds is 2. The first kappa shape index (κ1) is 11.3. The van der Waals surface area contributed by atoms with E-state index < -0.39 is 0 Å². The molecule has 1 aliphatic heterocycles. The molecule has 0 spiro atoms. The third-order valence-electron chi connectivity index (χ3n) is 2.00. The summed E-state index contributed by atoms with van der Waals surface area (Å²) in [6.45, 7) is 12.6. The number of ether oxygens (including phenoxy) is 1. The molecule has 0 fully saturated rings. The molecule has 0 aromatic heterocycles. The predicted molar refractivity (Wildman–Crippen MR) is 59.5 cm³/mol. The standard InChI is InChI=1S/C11H22N2O/c1-10(2,3)8-11(4,5)13-9-12-6-7-14-9/h6-8H2,1-5H3,(H,12,13). The van der Waals surface area contributed by atoms with Crippen molar-refractivity contribution in [3.8, 4) is 0 Å². The Labute approximate surface area is 86.9 Å². The molecule has 0 saturated heterocycles. The van der Waals surface area contributed by atoms with Crippen molar-refractivity contribution in [1.29, 1.82) is 0 Å². The zero-order valence-electron chi connectivity index (χ0n) is 9.98. The quantitative estimate of drug-likeness (QED) is 0.738. The fourth-order valence-electron chi connectivity index (χ4n) is 2.07. The van der Waals surface area contributed by atoms with Gasteiger partial charge in [0.2, 0.25) is 0 Å². The minimum Gasteiger partial charge on any atom is -0.463 e. The lowest BCUT2D eigenvalue weighted by Crippen LogP contribution is -2.45. The SMILES string of the molecule is CC(C)(C)CC(C)(C)NC1=NCCO1. The highest BCUT2D eigenvalue weighted by atomic mass is 16.5. The molecule has 1 rings (SSSR count). The number of hydrogen-bond acceptors (Lipinski definition) is 3. The van der Waals surface area contributed by atoms with Crippen LogP contribution in [0.4, 0.5) is 0 Å². The lowest BCUT2D eigenvalue weighted by molar-refractivity contribution is 0.245. The highest BCUT2D eigenvalue weighted by Gasteiger charge is 2.27. The molecular weight excluding hydrogens is 176 g/mol. The first-order valence-electron chi connectivity index (χ1n) is 5.24. The molecule has 0 unspecified atom stereocenters. The van der Waals surface area contributed by atoms with Gasteiger partial charge in [0.15, 0.2) is 0 Å². The average Bonchev–Trinajstić information content (AvgIpc) is 2.31. The van der Waals surface area contributed by atoms with Crippen LogP contribution < -0.4 is 5.32 Å². The Morgan fingerprint density at radius 1 is 1.29 bits per heavy atom. The van der Waals surface area contributed by atoms with Crippen LogP contribution in [-0.4, -0.2) is 24.7 Å². The fourth-order valence-corrected chi connectivity index (χ4v) is 2.07. The van der Waals surface area contributed by atoms with E-state index in [0.29, 0.717) is 18.0 Å². The molecule has 3 nitrogen and oxygen atoms in total. The van der Waals surface area contributed by atoms with Crippen molar-refractivity contribution in [2.75, 3.05) is 13.2 Å². The zero-order chi connectivity index (χ0) is 10.8. The van der Waals surface area contributed by atoms with Crippen molar-refractivity contribution in [2.24, 2.45) is 10.4 Å². The van der Waals surface area contributed by atoms with E-state index in [1.165, 1.54) is 0 Å². The van der Waals surface area contributed by atoms with Crippen LogP contribution in [0, 0.1) is 5.41 Å².